The van der Waals surface area contributed by atoms with Gasteiger partial charge in [0.05, 0.1) is 121 Å². The van der Waals surface area contributed by atoms with Gasteiger partial charge in [-0.15, -0.1) is 0 Å². The van der Waals surface area contributed by atoms with Crippen molar-refractivity contribution in [3.63, 3.8) is 0 Å². The third-order valence-corrected chi connectivity index (χ3v) is 27.9. The van der Waals surface area contributed by atoms with Gasteiger partial charge in [-0.05, 0) is 147 Å². The van der Waals surface area contributed by atoms with E-state index in [4.69, 9.17) is 39.5 Å². The van der Waals surface area contributed by atoms with Crippen molar-refractivity contribution < 1.29 is 61.9 Å². The number of amides is 8. The highest BCUT2D eigenvalue weighted by molar-refractivity contribution is 6.54. The molecular weight excluding hydrogens is 1880 g/mol. The molecule has 8 amide bonds. The van der Waals surface area contributed by atoms with Crippen molar-refractivity contribution >= 4 is 132 Å². The molecule has 2 aliphatic carbocycles. The summed E-state index contributed by atoms with van der Waals surface area (Å²) in [6.07, 6.45) is 17.3. The Morgan fingerprint density at radius 1 is 0.476 bits per heavy atom. The number of aryl methyl sites for hydroxylation is 3. The fraction of sp³-hybridized carbons (Fsp3) is 0.271. The minimum absolute atomic E-state index is 0.0523. The molecule has 14 aromatic rings. The summed E-state index contributed by atoms with van der Waals surface area (Å²) in [5.41, 5.74) is 20.4. The van der Waals surface area contributed by atoms with Crippen LogP contribution in [0.2, 0.25) is 15.1 Å². The lowest BCUT2D eigenvalue weighted by Gasteiger charge is -2.28. The van der Waals surface area contributed by atoms with Gasteiger partial charge in [0.1, 0.15) is 11.4 Å². The lowest BCUT2D eigenvalue weighted by molar-refractivity contribution is -0.140. The molecule has 5 aliphatic heterocycles. The number of ether oxygens (including phenoxy) is 1. The van der Waals surface area contributed by atoms with Crippen LogP contribution in [0.4, 0.5) is 4.39 Å². The molecule has 0 unspecified atom stereocenters. The highest BCUT2D eigenvalue weighted by Gasteiger charge is 2.39. The summed E-state index contributed by atoms with van der Waals surface area (Å²) >= 11 is 19.3. The van der Waals surface area contributed by atoms with Crippen molar-refractivity contribution in [2.24, 2.45) is 7.05 Å². The van der Waals surface area contributed by atoms with Gasteiger partial charge in [-0.3, -0.25) is 52.7 Å². The van der Waals surface area contributed by atoms with Crippen LogP contribution in [-0.2, 0) is 95.7 Å². The molecule has 1 saturated heterocycles. The maximum absolute atomic E-state index is 13.8. The number of aromatic amines is 1. The summed E-state index contributed by atoms with van der Waals surface area (Å²) < 4.78 is 28.3. The molecule has 36 heteroatoms. The molecule has 1 fully saturated rings. The molecule has 21 rings (SSSR count). The van der Waals surface area contributed by atoms with E-state index in [1.165, 1.54) is 62.1 Å². The van der Waals surface area contributed by atoms with Crippen molar-refractivity contribution in [3.05, 3.63) is 328 Å². The van der Waals surface area contributed by atoms with E-state index < -0.39 is 40.9 Å². The summed E-state index contributed by atoms with van der Waals surface area (Å²) in [5.74, 6) is -4.84. The summed E-state index contributed by atoms with van der Waals surface area (Å²) in [4.78, 5) is 161. The molecule has 7 aromatic carbocycles. The van der Waals surface area contributed by atoms with Crippen molar-refractivity contribution in [2.75, 3.05) is 88.7 Å². The topological polar surface area (TPSA) is 349 Å². The quantitative estimate of drug-likeness (QED) is 0.0563. The van der Waals surface area contributed by atoms with Crippen LogP contribution < -0.4 is 15.4 Å². The highest BCUT2D eigenvalue weighted by Crippen LogP contribution is 2.39. The number of hydrogen-bond donors (Lipinski definition) is 3. The van der Waals surface area contributed by atoms with Gasteiger partial charge in [0.15, 0.2) is 5.69 Å². The number of H-pyrrole nitrogens is 1. The number of pyridine rings is 1. The minimum Gasteiger partial charge on any atom is -0.480 e. The number of allylic oxidation sites excluding steroid dienone is 2. The van der Waals surface area contributed by atoms with Crippen LogP contribution in [0.25, 0.3) is 55.7 Å². The first-order chi connectivity index (χ1) is 68.8. The number of fused-ring (bicyclic) bond motifs is 8. The zero-order valence-corrected chi connectivity index (χ0v) is 82.6. The Morgan fingerprint density at radius 3 is 1.57 bits per heavy atom. The van der Waals surface area contributed by atoms with Gasteiger partial charge in [-0.1, -0.05) is 120 Å². The van der Waals surface area contributed by atoms with Crippen LogP contribution in [0.15, 0.2) is 195 Å². The molecule has 0 bridgehead atoms. The van der Waals surface area contributed by atoms with Crippen LogP contribution in [0.1, 0.15) is 154 Å². The normalized spacial score (nSPS) is 14.4. The van der Waals surface area contributed by atoms with Gasteiger partial charge in [0.2, 0.25) is 5.88 Å². The predicted octanol–water partition coefficient (Wildman–Crippen LogP) is 13.3. The maximum atomic E-state index is 13.8. The molecule has 12 heterocycles. The van der Waals surface area contributed by atoms with Crippen LogP contribution in [-0.4, -0.2) is 247 Å². The number of nitrogens with one attached hydrogen (secondary N) is 3. The average Bonchev–Trinajstić information content (AvgIpc) is 1.62. The van der Waals surface area contributed by atoms with Gasteiger partial charge in [0, 0.05) is 207 Å². The second kappa shape index (κ2) is 40.9. The Kier molecular flexibility index (Phi) is 27.9. The number of likely N-dealkylation sites (N-methyl/N-ethyl adjacent to an activating group) is 3. The first kappa shape index (κ1) is 97.6. The van der Waals surface area contributed by atoms with E-state index >= 15 is 0 Å². The monoisotopic (exact) mass is 1980 g/mol. The second-order valence-electron chi connectivity index (χ2n) is 36.7. The summed E-state index contributed by atoms with van der Waals surface area (Å²) in [7, 11) is 12.5. The van der Waals surface area contributed by atoms with E-state index in [9.17, 15) is 57.1 Å². The number of nitrogens with zero attached hydrogens (tertiary/aromatic N) is 17. The lowest BCUT2D eigenvalue weighted by Crippen LogP contribution is -2.43. The fourth-order valence-electron chi connectivity index (χ4n) is 19.3. The zero-order chi connectivity index (χ0) is 101. The van der Waals surface area contributed by atoms with Crippen molar-refractivity contribution in [1.29, 1.82) is 0 Å². The first-order valence-electron chi connectivity index (χ1n) is 46.8. The lowest BCUT2D eigenvalue weighted by atomic mass is 9.98. The van der Waals surface area contributed by atoms with Crippen LogP contribution >= 0.6 is 34.8 Å². The number of carbonyl (C=O) groups excluding carboxylic acids is 11. The van der Waals surface area contributed by atoms with Gasteiger partial charge in [-0.2, -0.15) is 20.4 Å². The number of para-hydroxylation sites is 4. The molecule has 3 N–H and O–H groups in total. The van der Waals surface area contributed by atoms with E-state index in [0.717, 1.165) is 110 Å². The summed E-state index contributed by atoms with van der Waals surface area (Å²) in [5, 5.41) is 27.3. The van der Waals surface area contributed by atoms with E-state index in [0.29, 0.717) is 156 Å². The molecule has 0 spiro atoms. The number of methoxy groups -OCH3 is 1. The second-order valence-corrected chi connectivity index (χ2v) is 37.9. The molecule has 0 radical (unpaired) electrons. The maximum Gasteiger partial charge on any atom is 0.294 e. The largest absolute Gasteiger partial charge is 0.480 e. The number of Topliss-reactive ketones (excluding diaryl/α,β-unsaturated/α-hetero) is 3. The number of benzene rings is 7. The predicted molar refractivity (Wildman–Crippen MR) is 538 cm³/mol. The Balaban J connectivity index is 0.000000126. The number of piperidine rings is 1. The third-order valence-electron chi connectivity index (χ3n) is 26.9. The standard InChI is InChI=1S/C27H26ClFN6O2.C27H26ClN5O3.C27H26N4O3.C26H24ClN5O4/c28-21-13-16(29)5-6-24(21)35-23-9-12-34(27(37)19-14-31-22-4-2-1-3-18(19)22)15-20(23)25(33-35)26(36)32-17-7-10-30-11-8-17;1-16-7-5-6-8-22(16)33-23-9-10-32(14-17(23)13-29-33)26(35)19-11-18-20(25(34)27(36)30(2)3)15-31(4)24(18)12-21(19)28;1-17-6-4-5-7-23(17)31-24-12-13-30(16-20(24)15-28-31)26(33)19-9-8-18-10-11-21(22(18)14-19)25(32)27(34)29(2)3;1-30(2)26(35)23(33)16-8-9-20-17(16)12-18(24(29-20)36-3)25(34)31-11-10-21-15(14-31)13-28-32(21)22-7-5-4-6-19(22)27/h1-6,13-14,17,30-31H,7-12,15H2,(H,32,36);5-8,11-13,15H,9-10,14H2,1-4H3;4-9,11,14-15H,10,12-13,16H2,1-3H3;4-8,12-13H,9-11,14H2,1-3H3. The van der Waals surface area contributed by atoms with E-state index in [1.54, 1.807) is 106 Å². The van der Waals surface area contributed by atoms with Crippen LogP contribution in [0.5, 0.6) is 5.88 Å². The smallest absolute Gasteiger partial charge is 0.294 e. The van der Waals surface area contributed by atoms with Crippen molar-refractivity contribution in [2.45, 2.75) is 97.4 Å². The van der Waals surface area contributed by atoms with Gasteiger partial charge in [-0.25, -0.2) is 28.1 Å². The van der Waals surface area contributed by atoms with Crippen molar-refractivity contribution in [1.82, 2.24) is 98.6 Å². The van der Waals surface area contributed by atoms with Crippen LogP contribution in [0.3, 0.4) is 0 Å². The molecule has 32 nitrogen and oxygen atoms in total. The number of carbonyl (C=O) groups is 11. The van der Waals surface area contributed by atoms with Crippen molar-refractivity contribution in [3.8, 4) is 28.6 Å². The molecule has 143 heavy (non-hydrogen) atoms. The number of hydrogen-bond acceptors (Lipinski definition) is 18. The molecule has 0 atom stereocenters. The molecular formula is C107H102Cl3FN20O12. The Morgan fingerprint density at radius 2 is 0.986 bits per heavy atom. The summed E-state index contributed by atoms with van der Waals surface area (Å²) in [6, 6.07) is 45.9. The number of aromatic nitrogens is 11. The Bertz CT molecular complexity index is 7630. The number of ketones is 3. The number of halogens is 4. The number of rotatable bonds is 17. The molecule has 7 aromatic heterocycles. The fourth-order valence-corrected chi connectivity index (χ4v) is 20.0. The molecule has 730 valence electrons. The van der Waals surface area contributed by atoms with Gasteiger partial charge >= 0.3 is 0 Å². The van der Waals surface area contributed by atoms with E-state index in [1.807, 2.05) is 122 Å². The molecule has 0 saturated carbocycles. The minimum atomic E-state index is -0.628. The highest BCUT2D eigenvalue weighted by atomic mass is 35.5. The zero-order valence-electron chi connectivity index (χ0n) is 80.3. The first-order valence-corrected chi connectivity index (χ1v) is 48.0. The third kappa shape index (κ3) is 19.3. The van der Waals surface area contributed by atoms with Gasteiger partial charge < -0.3 is 59.2 Å². The SMILES string of the molecule is COc1nc2c(cc1C(=O)N1CCc3c(cnn3-c3ccccc3Cl)C1)C(C(=O)C(=O)N(C)C)=CC2.Cc1ccccc1-n1ncc2c1CCN(C(=O)c1cc3c(C(=O)C(=O)N(C)C)cn(C)c3cc1Cl)C2.Cc1ccccc1-n1ncc2c1CCN(C(=O)c1ccc3c(c1)C(C(=O)C(=O)N(C)C)=CC3)C2.O=C(NC1CCNCC1)c1nn(-c2ccc(F)cc2Cl)c2c1CN(C(=O)c1c[nH]c3ccccc13)CC2. The molecule has 7 aliphatic rings. The van der Waals surface area contributed by atoms with E-state index in [-0.39, 0.29) is 75.4 Å². The summed E-state index contributed by atoms with van der Waals surface area (Å²) in [6.45, 7) is 9.30. The van der Waals surface area contributed by atoms with E-state index in [2.05, 4.69) is 73.0 Å². The van der Waals surface area contributed by atoms with Crippen LogP contribution in [0, 0.1) is 19.7 Å². The Hall–Kier alpha value is -15.6. The average molecular weight is 1990 g/mol. The Labute approximate surface area is 837 Å². The van der Waals surface area contributed by atoms with Gasteiger partial charge in [0.25, 0.3) is 64.6 Å².